The summed E-state index contributed by atoms with van der Waals surface area (Å²) in [7, 11) is 2.59. The van der Waals surface area contributed by atoms with Crippen LogP contribution < -0.4 is 5.73 Å². The van der Waals surface area contributed by atoms with Crippen molar-refractivity contribution in [2.24, 2.45) is 16.0 Å². The van der Waals surface area contributed by atoms with Gasteiger partial charge in [0.2, 0.25) is 0 Å². The lowest BCUT2D eigenvalue weighted by molar-refractivity contribution is -0.132. The van der Waals surface area contributed by atoms with E-state index in [2.05, 4.69) is 10.3 Å². The maximum atomic E-state index is 12.3. The van der Waals surface area contributed by atoms with Gasteiger partial charge in [0.1, 0.15) is 13.7 Å². The number of carbonyl (C=O) groups excluding carboxylic acids is 2. The number of nitrogens with two attached hydrogens (primary N) is 1. The second-order valence-electron chi connectivity index (χ2n) is 6.64. The normalized spacial score (nSPS) is 12.3. The lowest BCUT2D eigenvalue weighted by Crippen LogP contribution is -2.20. The van der Waals surface area contributed by atoms with Gasteiger partial charge in [-0.3, -0.25) is 4.79 Å². The van der Waals surface area contributed by atoms with Crippen molar-refractivity contribution in [2.75, 3.05) is 14.2 Å². The molecule has 0 spiro atoms. The fraction of sp³-hybridized carbons (Fsp3) is 0.217. The topological polar surface area (TPSA) is 113 Å². The first-order valence-corrected chi connectivity index (χ1v) is 9.88. The third kappa shape index (κ3) is 6.42. The highest BCUT2D eigenvalue weighted by molar-refractivity contribution is 6.43. The number of allylic oxidation sites excluding steroid dienone is 2. The first-order chi connectivity index (χ1) is 15.3. The summed E-state index contributed by atoms with van der Waals surface area (Å²) in [6.45, 7) is 3.50. The quantitative estimate of drug-likeness (QED) is 0.201. The van der Waals surface area contributed by atoms with Gasteiger partial charge in [-0.05, 0) is 43.7 Å². The molecule has 2 aromatic carbocycles. The number of rotatable bonds is 9. The van der Waals surface area contributed by atoms with Crippen LogP contribution in [-0.2, 0) is 25.8 Å². The Balaban J connectivity index is 2.19. The SMILES string of the molecule is CO/N=C(/C(=O)OC)c1cccc(C)c1CO/N=C(C)/C(N)=C/C(=O)c1ccc(Cl)cc1. The van der Waals surface area contributed by atoms with Gasteiger partial charge in [-0.25, -0.2) is 4.79 Å². The molecule has 0 bridgehead atoms. The lowest BCUT2D eigenvalue weighted by Gasteiger charge is -2.12. The maximum absolute atomic E-state index is 12.3. The first kappa shape index (κ1) is 24.6. The van der Waals surface area contributed by atoms with Gasteiger partial charge >= 0.3 is 5.97 Å². The number of methoxy groups -OCH3 is 1. The second-order valence-corrected chi connectivity index (χ2v) is 7.07. The average molecular weight is 458 g/mol. The molecule has 168 valence electrons. The van der Waals surface area contributed by atoms with E-state index in [-0.39, 0.29) is 23.8 Å². The van der Waals surface area contributed by atoms with Crippen molar-refractivity contribution < 1.29 is 24.0 Å². The van der Waals surface area contributed by atoms with Crippen LogP contribution in [0.2, 0.25) is 5.02 Å². The smallest absolute Gasteiger partial charge is 0.360 e. The number of hydrogen-bond donors (Lipinski definition) is 1. The maximum Gasteiger partial charge on any atom is 0.360 e. The van der Waals surface area contributed by atoms with Gasteiger partial charge in [-0.1, -0.05) is 40.1 Å². The van der Waals surface area contributed by atoms with Gasteiger partial charge in [0.05, 0.1) is 18.5 Å². The third-order valence-corrected chi connectivity index (χ3v) is 4.72. The van der Waals surface area contributed by atoms with Crippen molar-refractivity contribution in [3.8, 4) is 0 Å². The van der Waals surface area contributed by atoms with E-state index in [1.54, 1.807) is 43.3 Å². The molecule has 8 nitrogen and oxygen atoms in total. The average Bonchev–Trinajstić information content (AvgIpc) is 2.78. The summed E-state index contributed by atoms with van der Waals surface area (Å²) >= 11 is 5.84. The number of benzene rings is 2. The van der Waals surface area contributed by atoms with Gasteiger partial charge in [-0.15, -0.1) is 0 Å². The Morgan fingerprint density at radius 3 is 2.41 bits per heavy atom. The minimum absolute atomic E-state index is 0.00553. The fourth-order valence-corrected chi connectivity index (χ4v) is 2.82. The number of carbonyl (C=O) groups is 2. The number of ketones is 1. The number of ether oxygens (including phenoxy) is 1. The molecule has 0 aliphatic rings. The standard InChI is InChI=1S/C23H24ClN3O5/c1-14-6-5-7-18(22(27-31-4)23(29)30-3)19(14)13-32-26-15(2)20(25)12-21(28)16-8-10-17(24)11-9-16/h5-12H,13,25H2,1-4H3/b20-12-,26-15+,27-22+. The second kappa shape index (κ2) is 11.7. The molecule has 2 rings (SSSR count). The molecule has 0 saturated carbocycles. The highest BCUT2D eigenvalue weighted by Gasteiger charge is 2.20. The van der Waals surface area contributed by atoms with E-state index in [1.165, 1.54) is 20.3 Å². The molecule has 32 heavy (non-hydrogen) atoms. The number of hydrogen-bond acceptors (Lipinski definition) is 8. The third-order valence-electron chi connectivity index (χ3n) is 4.47. The van der Waals surface area contributed by atoms with Crippen molar-refractivity contribution in [3.05, 3.63) is 81.5 Å². The highest BCUT2D eigenvalue weighted by atomic mass is 35.5. The number of nitrogens with zero attached hydrogens (tertiary/aromatic N) is 2. The number of oxime groups is 2. The Morgan fingerprint density at radius 2 is 1.78 bits per heavy atom. The predicted octanol–water partition coefficient (Wildman–Crippen LogP) is 3.79. The van der Waals surface area contributed by atoms with E-state index in [9.17, 15) is 9.59 Å². The molecule has 0 amide bonds. The fourth-order valence-electron chi connectivity index (χ4n) is 2.69. The van der Waals surface area contributed by atoms with E-state index >= 15 is 0 Å². The Bertz CT molecular complexity index is 1080. The minimum Gasteiger partial charge on any atom is -0.464 e. The van der Waals surface area contributed by atoms with Crippen LogP contribution in [-0.4, -0.2) is 37.4 Å². The molecule has 2 aromatic rings. The van der Waals surface area contributed by atoms with Crippen LogP contribution in [0.4, 0.5) is 0 Å². The van der Waals surface area contributed by atoms with Crippen LogP contribution in [0, 0.1) is 6.92 Å². The molecule has 0 saturated heterocycles. The zero-order valence-corrected chi connectivity index (χ0v) is 19.0. The van der Waals surface area contributed by atoms with E-state index in [0.717, 1.165) is 5.56 Å². The summed E-state index contributed by atoms with van der Waals surface area (Å²) < 4.78 is 4.79. The number of esters is 1. The number of aryl methyl sites for hydroxylation is 1. The van der Waals surface area contributed by atoms with Gasteiger partial charge < -0.3 is 20.1 Å². The summed E-state index contributed by atoms with van der Waals surface area (Å²) in [5.41, 5.74) is 8.93. The van der Waals surface area contributed by atoms with Crippen molar-refractivity contribution in [1.82, 2.24) is 0 Å². The van der Waals surface area contributed by atoms with Gasteiger partial charge in [0, 0.05) is 27.8 Å². The molecular weight excluding hydrogens is 434 g/mol. The van der Waals surface area contributed by atoms with Crippen molar-refractivity contribution in [1.29, 1.82) is 0 Å². The first-order valence-electron chi connectivity index (χ1n) is 9.50. The highest BCUT2D eigenvalue weighted by Crippen LogP contribution is 2.18. The molecule has 9 heteroatoms. The Morgan fingerprint density at radius 1 is 1.09 bits per heavy atom. The molecule has 0 atom stereocenters. The van der Waals surface area contributed by atoms with Crippen molar-refractivity contribution >= 4 is 34.8 Å². The van der Waals surface area contributed by atoms with E-state index in [4.69, 9.17) is 31.7 Å². The van der Waals surface area contributed by atoms with Crippen molar-refractivity contribution in [3.63, 3.8) is 0 Å². The minimum atomic E-state index is -0.647. The van der Waals surface area contributed by atoms with Crippen LogP contribution in [0.1, 0.15) is 34.0 Å². The molecule has 0 unspecified atom stereocenters. The molecule has 0 aromatic heterocycles. The van der Waals surface area contributed by atoms with E-state index < -0.39 is 5.97 Å². The predicted molar refractivity (Wildman–Crippen MR) is 123 cm³/mol. The van der Waals surface area contributed by atoms with Crippen molar-refractivity contribution in [2.45, 2.75) is 20.5 Å². The van der Waals surface area contributed by atoms with Crippen LogP contribution in [0.5, 0.6) is 0 Å². The largest absolute Gasteiger partial charge is 0.464 e. The molecule has 0 fully saturated rings. The summed E-state index contributed by atoms with van der Waals surface area (Å²) in [4.78, 5) is 34.7. The van der Waals surface area contributed by atoms with Gasteiger partial charge in [0.25, 0.3) is 0 Å². The Kier molecular flexibility index (Phi) is 8.97. The summed E-state index contributed by atoms with van der Waals surface area (Å²) in [5, 5.41) is 8.31. The monoisotopic (exact) mass is 457 g/mol. The Hall–Kier alpha value is -3.65. The van der Waals surface area contributed by atoms with Gasteiger partial charge in [0.15, 0.2) is 11.5 Å². The molecule has 2 N–H and O–H groups in total. The van der Waals surface area contributed by atoms with Crippen LogP contribution >= 0.6 is 11.6 Å². The zero-order chi connectivity index (χ0) is 23.7. The molecule has 0 heterocycles. The van der Waals surface area contributed by atoms with Crippen LogP contribution in [0.25, 0.3) is 0 Å². The summed E-state index contributed by atoms with van der Waals surface area (Å²) in [5.74, 6) is -0.931. The van der Waals surface area contributed by atoms with Crippen LogP contribution in [0.15, 0.2) is 64.5 Å². The number of halogens is 1. The molecule has 0 radical (unpaired) electrons. The zero-order valence-electron chi connectivity index (χ0n) is 18.2. The molecule has 0 aliphatic carbocycles. The summed E-state index contributed by atoms with van der Waals surface area (Å²) in [6.07, 6.45) is 1.27. The molecular formula is C23H24ClN3O5. The van der Waals surface area contributed by atoms with E-state index in [0.29, 0.717) is 27.4 Å². The summed E-state index contributed by atoms with van der Waals surface area (Å²) in [6, 6.07) is 11.8. The van der Waals surface area contributed by atoms with E-state index in [1.807, 2.05) is 13.0 Å². The van der Waals surface area contributed by atoms with Crippen LogP contribution in [0.3, 0.4) is 0 Å². The van der Waals surface area contributed by atoms with Gasteiger partial charge in [-0.2, -0.15) is 0 Å². The lowest BCUT2D eigenvalue weighted by atomic mass is 9.99. The Labute approximate surface area is 191 Å². The molecule has 0 aliphatic heterocycles.